The van der Waals surface area contributed by atoms with E-state index >= 15 is 0 Å². The summed E-state index contributed by atoms with van der Waals surface area (Å²) < 4.78 is 5.04. The summed E-state index contributed by atoms with van der Waals surface area (Å²) in [7, 11) is 0. The Labute approximate surface area is 166 Å². The summed E-state index contributed by atoms with van der Waals surface area (Å²) in [6, 6.07) is 8.51. The fraction of sp³-hybridized carbons (Fsp3) is 0.200. The van der Waals surface area contributed by atoms with E-state index in [1.54, 1.807) is 42.5 Å². The number of carboxylic acids is 1. The van der Waals surface area contributed by atoms with Crippen LogP contribution in [0.4, 0.5) is 0 Å². The molecular weight excluding hydrogens is 378 g/mol. The van der Waals surface area contributed by atoms with E-state index in [-0.39, 0.29) is 6.42 Å². The largest absolute Gasteiger partial charge is 0.479 e. The van der Waals surface area contributed by atoms with Crippen molar-refractivity contribution in [3.63, 3.8) is 0 Å². The Balaban J connectivity index is 2.28. The number of furan rings is 1. The summed E-state index contributed by atoms with van der Waals surface area (Å²) in [5.74, 6) is -4.41. The Kier molecular flexibility index (Phi) is 7.58. The van der Waals surface area contributed by atoms with E-state index in [1.807, 2.05) is 0 Å². The molecule has 0 aliphatic rings. The van der Waals surface area contributed by atoms with Crippen LogP contribution in [0.2, 0.25) is 0 Å². The lowest BCUT2D eigenvalue weighted by Crippen LogP contribution is -2.58. The molecule has 2 unspecified atom stereocenters. The van der Waals surface area contributed by atoms with Gasteiger partial charge in [0.1, 0.15) is 5.76 Å². The second-order valence-corrected chi connectivity index (χ2v) is 6.09. The van der Waals surface area contributed by atoms with Crippen molar-refractivity contribution < 1.29 is 28.7 Å². The van der Waals surface area contributed by atoms with Gasteiger partial charge in [-0.1, -0.05) is 30.3 Å². The van der Waals surface area contributed by atoms with Crippen LogP contribution in [0.1, 0.15) is 11.3 Å². The summed E-state index contributed by atoms with van der Waals surface area (Å²) in [5, 5.41) is 9.57. The molecule has 0 spiro atoms. The molecule has 9 heteroatoms. The van der Waals surface area contributed by atoms with Crippen molar-refractivity contribution in [2.24, 2.45) is 11.5 Å². The minimum absolute atomic E-state index is 0.0462. The molecule has 9 nitrogen and oxygen atoms in total. The number of aliphatic carboxylic acids is 1. The number of benzene rings is 1. The predicted molar refractivity (Wildman–Crippen MR) is 103 cm³/mol. The number of nitrogens with zero attached hydrogens (tertiary/aromatic N) is 1. The van der Waals surface area contributed by atoms with Crippen LogP contribution in [0, 0.1) is 0 Å². The molecular formula is C20H21N3O6. The lowest BCUT2D eigenvalue weighted by Gasteiger charge is -2.26. The number of carboxylic acid groups (broad SMARTS) is 1. The quantitative estimate of drug-likeness (QED) is 0.399. The van der Waals surface area contributed by atoms with Crippen LogP contribution in [0.3, 0.4) is 0 Å². The van der Waals surface area contributed by atoms with Crippen LogP contribution in [0.5, 0.6) is 0 Å². The third kappa shape index (κ3) is 5.71. The van der Waals surface area contributed by atoms with E-state index in [9.17, 15) is 24.3 Å². The van der Waals surface area contributed by atoms with Gasteiger partial charge in [0, 0.05) is 6.08 Å². The first-order chi connectivity index (χ1) is 13.8. The van der Waals surface area contributed by atoms with Crippen LogP contribution >= 0.6 is 0 Å². The van der Waals surface area contributed by atoms with Gasteiger partial charge in [0.05, 0.1) is 18.8 Å². The number of hydrogen-bond acceptors (Lipinski definition) is 7. The van der Waals surface area contributed by atoms with Crippen molar-refractivity contribution >= 4 is 29.6 Å². The first-order valence-electron chi connectivity index (χ1n) is 8.69. The summed E-state index contributed by atoms with van der Waals surface area (Å²) in [6.45, 7) is -0.661. The van der Waals surface area contributed by atoms with Crippen molar-refractivity contribution in [2.45, 2.75) is 18.5 Å². The van der Waals surface area contributed by atoms with E-state index in [0.29, 0.717) is 16.2 Å². The molecule has 1 aromatic heterocycles. The molecule has 0 aliphatic carbocycles. The highest BCUT2D eigenvalue weighted by Gasteiger charge is 2.40. The Morgan fingerprint density at radius 2 is 1.79 bits per heavy atom. The van der Waals surface area contributed by atoms with Crippen LogP contribution in [0.15, 0.2) is 59.2 Å². The van der Waals surface area contributed by atoms with E-state index in [1.165, 1.54) is 12.3 Å². The maximum absolute atomic E-state index is 12.8. The SMILES string of the molecule is NCC(=O)N(C(=O)C=Cc1ccco1)C(C(=O)O)C(=O)C(N)Cc1ccccc1. The molecule has 0 bridgehead atoms. The molecule has 2 rings (SSSR count). The highest BCUT2D eigenvalue weighted by molar-refractivity contribution is 6.14. The molecule has 0 saturated heterocycles. The highest BCUT2D eigenvalue weighted by Crippen LogP contribution is 2.11. The number of Topliss-reactive ketones (excluding diaryl/α,β-unsaturated/α-hetero) is 1. The predicted octanol–water partition coefficient (Wildman–Crippen LogP) is 0.199. The van der Waals surface area contributed by atoms with Crippen molar-refractivity contribution in [3.8, 4) is 0 Å². The topological polar surface area (TPSA) is 157 Å². The first kappa shape index (κ1) is 21.7. The Bertz CT molecular complexity index is 892. The summed E-state index contributed by atoms with van der Waals surface area (Å²) >= 11 is 0. The highest BCUT2D eigenvalue weighted by atomic mass is 16.4. The molecule has 0 saturated carbocycles. The molecule has 1 heterocycles. The third-order valence-corrected chi connectivity index (χ3v) is 4.04. The minimum Gasteiger partial charge on any atom is -0.479 e. The van der Waals surface area contributed by atoms with Gasteiger partial charge in [-0.25, -0.2) is 4.79 Å². The molecule has 2 aromatic rings. The van der Waals surface area contributed by atoms with Crippen LogP contribution in [-0.4, -0.2) is 52.2 Å². The second-order valence-electron chi connectivity index (χ2n) is 6.09. The minimum atomic E-state index is -2.10. The third-order valence-electron chi connectivity index (χ3n) is 4.04. The fourth-order valence-electron chi connectivity index (χ4n) is 2.64. The zero-order valence-corrected chi connectivity index (χ0v) is 15.4. The van der Waals surface area contributed by atoms with Crippen LogP contribution < -0.4 is 11.5 Å². The van der Waals surface area contributed by atoms with Gasteiger partial charge in [-0.05, 0) is 30.2 Å². The fourth-order valence-corrected chi connectivity index (χ4v) is 2.64. The average molecular weight is 399 g/mol. The molecule has 2 amide bonds. The van der Waals surface area contributed by atoms with Crippen molar-refractivity contribution in [3.05, 3.63) is 66.1 Å². The van der Waals surface area contributed by atoms with Crippen molar-refractivity contribution in [1.29, 1.82) is 0 Å². The standard InChI is InChI=1S/C20H21N3O6/c21-12-17(25)23(16(24)9-8-14-7-4-10-29-14)18(20(27)28)19(26)15(22)11-13-5-2-1-3-6-13/h1-10,15,18H,11-12,21-22H2,(H,27,28). The van der Waals surface area contributed by atoms with Gasteiger partial charge in [0.25, 0.3) is 5.91 Å². The van der Waals surface area contributed by atoms with E-state index in [4.69, 9.17) is 15.9 Å². The summed E-state index contributed by atoms with van der Waals surface area (Å²) in [6.07, 6.45) is 3.59. The van der Waals surface area contributed by atoms with E-state index in [0.717, 1.165) is 6.08 Å². The van der Waals surface area contributed by atoms with Gasteiger partial charge in [0.2, 0.25) is 5.91 Å². The van der Waals surface area contributed by atoms with Gasteiger partial charge in [-0.3, -0.25) is 19.3 Å². The van der Waals surface area contributed by atoms with E-state index < -0.39 is 42.2 Å². The lowest BCUT2D eigenvalue weighted by atomic mass is 9.97. The molecule has 0 aliphatic heterocycles. The number of carbonyl (C=O) groups excluding carboxylic acids is 3. The number of rotatable bonds is 9. The summed E-state index contributed by atoms with van der Waals surface area (Å²) in [4.78, 5) is 49.6. The van der Waals surface area contributed by atoms with Crippen molar-refractivity contribution in [1.82, 2.24) is 4.90 Å². The second kappa shape index (κ2) is 10.1. The summed E-state index contributed by atoms with van der Waals surface area (Å²) in [5.41, 5.74) is 11.9. The van der Waals surface area contributed by atoms with Gasteiger partial charge in [0.15, 0.2) is 11.8 Å². The smallest absolute Gasteiger partial charge is 0.334 e. The molecule has 29 heavy (non-hydrogen) atoms. The van der Waals surface area contributed by atoms with Crippen molar-refractivity contribution in [2.75, 3.05) is 6.54 Å². The number of ketones is 1. The van der Waals surface area contributed by atoms with Gasteiger partial charge < -0.3 is 21.0 Å². The van der Waals surface area contributed by atoms with Gasteiger partial charge >= 0.3 is 5.97 Å². The maximum Gasteiger partial charge on any atom is 0.334 e. The number of hydrogen-bond donors (Lipinski definition) is 3. The normalized spacial score (nSPS) is 13.0. The Hall–Kier alpha value is -3.56. The zero-order valence-electron chi connectivity index (χ0n) is 15.4. The molecule has 0 fully saturated rings. The maximum atomic E-state index is 12.8. The van der Waals surface area contributed by atoms with Gasteiger partial charge in [-0.15, -0.1) is 0 Å². The van der Waals surface area contributed by atoms with Crippen LogP contribution in [0.25, 0.3) is 6.08 Å². The molecule has 1 aromatic carbocycles. The lowest BCUT2D eigenvalue weighted by molar-refractivity contribution is -0.159. The number of imide groups is 1. The average Bonchev–Trinajstić information content (AvgIpc) is 3.23. The first-order valence-corrected chi connectivity index (χ1v) is 8.69. The molecule has 2 atom stereocenters. The van der Waals surface area contributed by atoms with Gasteiger partial charge in [-0.2, -0.15) is 0 Å². The number of carbonyl (C=O) groups is 4. The number of nitrogens with two attached hydrogens (primary N) is 2. The molecule has 0 radical (unpaired) electrons. The van der Waals surface area contributed by atoms with Crippen LogP contribution in [-0.2, 0) is 25.6 Å². The molecule has 152 valence electrons. The Morgan fingerprint density at radius 3 is 2.34 bits per heavy atom. The molecule has 5 N–H and O–H groups in total. The Morgan fingerprint density at radius 1 is 1.10 bits per heavy atom. The monoisotopic (exact) mass is 399 g/mol. The number of amides is 2. The van der Waals surface area contributed by atoms with E-state index in [2.05, 4.69) is 0 Å². The zero-order chi connectivity index (χ0) is 21.4.